The lowest BCUT2D eigenvalue weighted by atomic mass is 10.2. The minimum absolute atomic E-state index is 0.0578. The molecule has 0 fully saturated rings. The summed E-state index contributed by atoms with van der Waals surface area (Å²) >= 11 is 7.67. The molecule has 1 N–H and O–H groups in total. The summed E-state index contributed by atoms with van der Waals surface area (Å²) in [6.45, 7) is 1.68. The summed E-state index contributed by atoms with van der Waals surface area (Å²) in [5.41, 5.74) is 1.71. The number of nitrogens with zero attached hydrogens (tertiary/aromatic N) is 2. The molecule has 4 rings (SSSR count). The van der Waals surface area contributed by atoms with E-state index in [0.29, 0.717) is 41.4 Å². The SMILES string of the molecule is O=[N+]([O-])c1ccc2nc(NCc3cc(Cl)c4c(c3)OCCCO4)sc2c1. The Morgan fingerprint density at radius 3 is 2.96 bits per heavy atom. The first kappa shape index (κ1) is 16.9. The van der Waals surface area contributed by atoms with Crippen LogP contribution in [-0.4, -0.2) is 23.1 Å². The van der Waals surface area contributed by atoms with Crippen molar-refractivity contribution in [2.24, 2.45) is 0 Å². The molecule has 1 aromatic heterocycles. The Bertz CT molecular complexity index is 992. The van der Waals surface area contributed by atoms with Crippen molar-refractivity contribution in [2.45, 2.75) is 13.0 Å². The summed E-state index contributed by atoms with van der Waals surface area (Å²) in [6.07, 6.45) is 0.816. The molecule has 0 amide bonds. The lowest BCUT2D eigenvalue weighted by molar-refractivity contribution is -0.384. The van der Waals surface area contributed by atoms with Gasteiger partial charge in [-0.1, -0.05) is 22.9 Å². The number of halogens is 1. The first-order chi connectivity index (χ1) is 12.6. The fourth-order valence-corrected chi connectivity index (χ4v) is 3.85. The van der Waals surface area contributed by atoms with E-state index in [4.69, 9.17) is 21.1 Å². The van der Waals surface area contributed by atoms with Crippen LogP contribution in [0.25, 0.3) is 10.2 Å². The zero-order valence-corrected chi connectivity index (χ0v) is 15.1. The zero-order chi connectivity index (χ0) is 18.1. The fourth-order valence-electron chi connectivity index (χ4n) is 2.67. The van der Waals surface area contributed by atoms with Crippen LogP contribution in [0.15, 0.2) is 30.3 Å². The van der Waals surface area contributed by atoms with Gasteiger partial charge in [0.1, 0.15) is 0 Å². The zero-order valence-electron chi connectivity index (χ0n) is 13.5. The minimum Gasteiger partial charge on any atom is -0.489 e. The third kappa shape index (κ3) is 3.38. The predicted octanol–water partition coefficient (Wildman–Crippen LogP) is 4.63. The number of rotatable bonds is 4. The highest BCUT2D eigenvalue weighted by Crippen LogP contribution is 2.38. The van der Waals surface area contributed by atoms with Crippen LogP contribution in [0.4, 0.5) is 10.8 Å². The maximum Gasteiger partial charge on any atom is 0.270 e. The number of fused-ring (bicyclic) bond motifs is 2. The van der Waals surface area contributed by atoms with Gasteiger partial charge in [0.2, 0.25) is 0 Å². The van der Waals surface area contributed by atoms with Gasteiger partial charge in [-0.15, -0.1) is 0 Å². The lowest BCUT2D eigenvalue weighted by Crippen LogP contribution is -2.00. The Labute approximate surface area is 157 Å². The number of nitro groups is 1. The molecule has 0 saturated heterocycles. The van der Waals surface area contributed by atoms with E-state index in [9.17, 15) is 10.1 Å². The first-order valence-electron chi connectivity index (χ1n) is 7.97. The van der Waals surface area contributed by atoms with E-state index in [1.54, 1.807) is 6.07 Å². The molecule has 1 aliphatic rings. The van der Waals surface area contributed by atoms with Gasteiger partial charge >= 0.3 is 0 Å². The van der Waals surface area contributed by atoms with E-state index >= 15 is 0 Å². The number of hydrogen-bond acceptors (Lipinski definition) is 7. The fraction of sp³-hybridized carbons (Fsp3) is 0.235. The van der Waals surface area contributed by atoms with Crippen LogP contribution >= 0.6 is 22.9 Å². The van der Waals surface area contributed by atoms with Gasteiger partial charge in [-0.3, -0.25) is 10.1 Å². The Balaban J connectivity index is 1.53. The van der Waals surface area contributed by atoms with E-state index in [-0.39, 0.29) is 5.69 Å². The Morgan fingerprint density at radius 2 is 2.12 bits per heavy atom. The Hall–Kier alpha value is -2.58. The summed E-state index contributed by atoms with van der Waals surface area (Å²) in [4.78, 5) is 14.9. The molecule has 0 spiro atoms. The van der Waals surface area contributed by atoms with Crippen LogP contribution in [0.3, 0.4) is 0 Å². The molecule has 2 aromatic carbocycles. The molecule has 0 aliphatic carbocycles. The lowest BCUT2D eigenvalue weighted by Gasteiger charge is -2.11. The van der Waals surface area contributed by atoms with E-state index in [1.807, 2.05) is 12.1 Å². The molecule has 26 heavy (non-hydrogen) atoms. The van der Waals surface area contributed by atoms with Crippen molar-refractivity contribution < 1.29 is 14.4 Å². The Morgan fingerprint density at radius 1 is 1.27 bits per heavy atom. The van der Waals surface area contributed by atoms with E-state index in [0.717, 1.165) is 22.2 Å². The van der Waals surface area contributed by atoms with Gasteiger partial charge in [0.05, 0.1) is 33.4 Å². The van der Waals surface area contributed by atoms with Crippen LogP contribution in [0.2, 0.25) is 5.02 Å². The van der Waals surface area contributed by atoms with Crippen molar-refractivity contribution in [1.29, 1.82) is 0 Å². The van der Waals surface area contributed by atoms with Crippen LogP contribution in [0, 0.1) is 10.1 Å². The molecule has 9 heteroatoms. The molecule has 134 valence electrons. The van der Waals surface area contributed by atoms with Gasteiger partial charge in [-0.25, -0.2) is 4.98 Å². The number of non-ortho nitro benzene ring substituents is 1. The quantitative estimate of drug-likeness (QED) is 0.515. The number of thiazole rings is 1. The average molecular weight is 392 g/mol. The van der Waals surface area contributed by atoms with Crippen LogP contribution < -0.4 is 14.8 Å². The topological polar surface area (TPSA) is 86.5 Å². The Kier molecular flexibility index (Phi) is 4.52. The molecule has 2 heterocycles. The van der Waals surface area contributed by atoms with Crippen molar-refractivity contribution >= 4 is 44.0 Å². The van der Waals surface area contributed by atoms with Crippen LogP contribution in [-0.2, 0) is 6.54 Å². The standard InChI is InChI=1S/C17H14ClN3O4S/c18-12-6-10(7-14-16(12)25-5-1-4-24-14)9-19-17-20-13-3-2-11(21(22)23)8-15(13)26-17/h2-3,6-8H,1,4-5,9H2,(H,19,20). The monoisotopic (exact) mass is 391 g/mol. The number of anilines is 1. The molecule has 7 nitrogen and oxygen atoms in total. The third-order valence-electron chi connectivity index (χ3n) is 3.89. The van der Waals surface area contributed by atoms with Gasteiger partial charge in [0.15, 0.2) is 16.6 Å². The maximum absolute atomic E-state index is 10.9. The number of ether oxygens (including phenoxy) is 2. The highest BCUT2D eigenvalue weighted by atomic mass is 35.5. The minimum atomic E-state index is -0.411. The van der Waals surface area contributed by atoms with Crippen molar-refractivity contribution in [3.63, 3.8) is 0 Å². The van der Waals surface area contributed by atoms with E-state index < -0.39 is 4.92 Å². The van der Waals surface area contributed by atoms with Gasteiger partial charge in [-0.2, -0.15) is 0 Å². The highest BCUT2D eigenvalue weighted by Gasteiger charge is 2.16. The molecule has 0 bridgehead atoms. The molecular weight excluding hydrogens is 378 g/mol. The normalized spacial score (nSPS) is 13.4. The summed E-state index contributed by atoms with van der Waals surface area (Å²) in [5.74, 6) is 1.23. The summed E-state index contributed by atoms with van der Waals surface area (Å²) in [7, 11) is 0. The smallest absolute Gasteiger partial charge is 0.270 e. The molecule has 0 unspecified atom stereocenters. The number of hydrogen-bond donors (Lipinski definition) is 1. The molecule has 0 atom stereocenters. The second-order valence-corrected chi connectivity index (χ2v) is 7.17. The second-order valence-electron chi connectivity index (χ2n) is 5.74. The van der Waals surface area contributed by atoms with Gasteiger partial charge in [0.25, 0.3) is 5.69 Å². The molecule has 0 radical (unpaired) electrons. The summed E-state index contributed by atoms with van der Waals surface area (Å²) in [5, 5.41) is 15.3. The number of nitro benzene ring substituents is 1. The summed E-state index contributed by atoms with van der Waals surface area (Å²) < 4.78 is 12.1. The van der Waals surface area contributed by atoms with Crippen molar-refractivity contribution in [3.05, 3.63) is 51.0 Å². The number of nitrogens with one attached hydrogen (secondary N) is 1. The number of benzene rings is 2. The largest absolute Gasteiger partial charge is 0.489 e. The molecule has 1 aliphatic heterocycles. The van der Waals surface area contributed by atoms with Gasteiger partial charge in [-0.05, 0) is 23.8 Å². The van der Waals surface area contributed by atoms with Crippen LogP contribution in [0.1, 0.15) is 12.0 Å². The predicted molar refractivity (Wildman–Crippen MR) is 101 cm³/mol. The third-order valence-corrected chi connectivity index (χ3v) is 5.15. The molecule has 0 saturated carbocycles. The highest BCUT2D eigenvalue weighted by molar-refractivity contribution is 7.22. The van der Waals surface area contributed by atoms with Crippen molar-refractivity contribution in [1.82, 2.24) is 4.98 Å². The first-order valence-corrected chi connectivity index (χ1v) is 9.16. The average Bonchev–Trinajstić information content (AvgIpc) is 2.87. The number of aromatic nitrogens is 1. The van der Waals surface area contributed by atoms with E-state index in [1.165, 1.54) is 23.5 Å². The van der Waals surface area contributed by atoms with E-state index in [2.05, 4.69) is 10.3 Å². The summed E-state index contributed by atoms with van der Waals surface area (Å²) in [6, 6.07) is 8.37. The maximum atomic E-state index is 10.9. The van der Waals surface area contributed by atoms with Gasteiger partial charge in [0, 0.05) is 25.1 Å². The van der Waals surface area contributed by atoms with Crippen LogP contribution in [0.5, 0.6) is 11.5 Å². The van der Waals surface area contributed by atoms with Gasteiger partial charge < -0.3 is 14.8 Å². The second kappa shape index (κ2) is 6.97. The van der Waals surface area contributed by atoms with Crippen molar-refractivity contribution in [3.8, 4) is 11.5 Å². The van der Waals surface area contributed by atoms with Crippen molar-refractivity contribution in [2.75, 3.05) is 18.5 Å². The molecule has 3 aromatic rings. The molecular formula is C17H14ClN3O4S.